The summed E-state index contributed by atoms with van der Waals surface area (Å²) in [5.41, 5.74) is 7.20. The van der Waals surface area contributed by atoms with Gasteiger partial charge in [0.05, 0.1) is 0 Å². The van der Waals surface area contributed by atoms with Crippen molar-refractivity contribution in [3.05, 3.63) is 30.1 Å². The molecular formula is C12H19N3. The van der Waals surface area contributed by atoms with E-state index in [2.05, 4.69) is 29.9 Å². The molecule has 3 nitrogen and oxygen atoms in total. The highest BCUT2D eigenvalue weighted by molar-refractivity contribution is 5.23. The molecule has 0 spiro atoms. The van der Waals surface area contributed by atoms with Crippen LogP contribution in [0.25, 0.3) is 0 Å². The van der Waals surface area contributed by atoms with Crippen molar-refractivity contribution in [2.24, 2.45) is 11.7 Å². The molecule has 0 aliphatic carbocycles. The van der Waals surface area contributed by atoms with E-state index in [0.29, 0.717) is 5.92 Å². The van der Waals surface area contributed by atoms with Crippen LogP contribution in [0.2, 0.25) is 0 Å². The largest absolute Gasteiger partial charge is 0.330 e. The van der Waals surface area contributed by atoms with E-state index in [1.807, 2.05) is 18.5 Å². The molecule has 1 aromatic heterocycles. The lowest BCUT2D eigenvalue weighted by Crippen LogP contribution is -2.42. The topological polar surface area (TPSA) is 42.1 Å². The van der Waals surface area contributed by atoms with Gasteiger partial charge in [0.2, 0.25) is 0 Å². The maximum absolute atomic E-state index is 5.86. The summed E-state index contributed by atoms with van der Waals surface area (Å²) in [7, 11) is 2.17. The molecule has 82 valence electrons. The summed E-state index contributed by atoms with van der Waals surface area (Å²) in [6.45, 7) is 4.14. The first-order valence-electron chi connectivity index (χ1n) is 5.51. The van der Waals surface area contributed by atoms with Gasteiger partial charge in [0.1, 0.15) is 0 Å². The van der Waals surface area contributed by atoms with Crippen LogP contribution < -0.4 is 5.73 Å². The van der Waals surface area contributed by atoms with Crippen molar-refractivity contribution < 1.29 is 0 Å². The van der Waals surface area contributed by atoms with E-state index >= 15 is 0 Å². The molecule has 3 heteroatoms. The lowest BCUT2D eigenvalue weighted by Gasteiger charge is -2.37. The zero-order chi connectivity index (χ0) is 10.9. The van der Waals surface area contributed by atoms with E-state index in [9.17, 15) is 0 Å². The standard InChI is InChI=1S/C12H19N3/c1-12(11-4-3-6-14-9-11)10(8-13)5-7-15(12)2/h3-4,6,9-10H,5,7-8,13H2,1-2H3. The zero-order valence-electron chi connectivity index (χ0n) is 9.48. The van der Waals surface area contributed by atoms with Crippen molar-refractivity contribution in [3.8, 4) is 0 Å². The third kappa shape index (κ3) is 1.56. The molecule has 1 aliphatic rings. The van der Waals surface area contributed by atoms with E-state index in [4.69, 9.17) is 5.73 Å². The van der Waals surface area contributed by atoms with E-state index in [0.717, 1.165) is 13.1 Å². The first-order chi connectivity index (χ1) is 7.19. The highest BCUT2D eigenvalue weighted by Crippen LogP contribution is 2.41. The van der Waals surface area contributed by atoms with Gasteiger partial charge in [-0.25, -0.2) is 0 Å². The van der Waals surface area contributed by atoms with Crippen LogP contribution in [0.4, 0.5) is 0 Å². The van der Waals surface area contributed by atoms with Crippen LogP contribution in [0.15, 0.2) is 24.5 Å². The predicted octanol–water partition coefficient (Wildman–Crippen LogP) is 1.21. The van der Waals surface area contributed by atoms with Crippen LogP contribution >= 0.6 is 0 Å². The Labute approximate surface area is 91.3 Å². The molecule has 0 radical (unpaired) electrons. The third-order valence-electron chi connectivity index (χ3n) is 3.93. The molecular weight excluding hydrogens is 186 g/mol. The van der Waals surface area contributed by atoms with Gasteiger partial charge in [-0.3, -0.25) is 9.88 Å². The normalized spacial score (nSPS) is 32.1. The lowest BCUT2D eigenvalue weighted by atomic mass is 9.81. The van der Waals surface area contributed by atoms with E-state index in [1.165, 1.54) is 12.0 Å². The van der Waals surface area contributed by atoms with Crippen LogP contribution in [-0.4, -0.2) is 30.0 Å². The van der Waals surface area contributed by atoms with Crippen LogP contribution in [0.1, 0.15) is 18.9 Å². The molecule has 2 atom stereocenters. The van der Waals surface area contributed by atoms with Gasteiger partial charge < -0.3 is 5.73 Å². The summed E-state index contributed by atoms with van der Waals surface area (Å²) in [6, 6.07) is 4.15. The Morgan fingerprint density at radius 3 is 3.07 bits per heavy atom. The van der Waals surface area contributed by atoms with Crippen molar-refractivity contribution in [2.45, 2.75) is 18.9 Å². The van der Waals surface area contributed by atoms with Crippen LogP contribution in [0.3, 0.4) is 0 Å². The monoisotopic (exact) mass is 205 g/mol. The number of hydrogen-bond donors (Lipinski definition) is 1. The van der Waals surface area contributed by atoms with Gasteiger partial charge in [0.25, 0.3) is 0 Å². The van der Waals surface area contributed by atoms with E-state index < -0.39 is 0 Å². The Balaban J connectivity index is 2.39. The molecule has 0 aromatic carbocycles. The maximum Gasteiger partial charge on any atom is 0.0485 e. The lowest BCUT2D eigenvalue weighted by molar-refractivity contribution is 0.152. The van der Waals surface area contributed by atoms with Gasteiger partial charge in [-0.1, -0.05) is 6.07 Å². The molecule has 1 aromatic rings. The Hall–Kier alpha value is -0.930. The SMILES string of the molecule is CN1CCC(CN)C1(C)c1cccnc1. The third-order valence-corrected chi connectivity index (χ3v) is 3.93. The fraction of sp³-hybridized carbons (Fsp3) is 0.583. The molecule has 0 bridgehead atoms. The second kappa shape index (κ2) is 3.91. The smallest absolute Gasteiger partial charge is 0.0485 e. The van der Waals surface area contributed by atoms with Gasteiger partial charge >= 0.3 is 0 Å². The van der Waals surface area contributed by atoms with Crippen molar-refractivity contribution in [1.29, 1.82) is 0 Å². The summed E-state index contributed by atoms with van der Waals surface area (Å²) >= 11 is 0. The predicted molar refractivity (Wildman–Crippen MR) is 61.4 cm³/mol. The molecule has 15 heavy (non-hydrogen) atoms. The molecule has 2 heterocycles. The van der Waals surface area contributed by atoms with Gasteiger partial charge in [-0.05, 0) is 51.0 Å². The van der Waals surface area contributed by atoms with Crippen molar-refractivity contribution in [2.75, 3.05) is 20.1 Å². The number of nitrogens with zero attached hydrogens (tertiary/aromatic N) is 2. The van der Waals surface area contributed by atoms with Crippen molar-refractivity contribution in [3.63, 3.8) is 0 Å². The summed E-state index contributed by atoms with van der Waals surface area (Å²) in [5, 5.41) is 0. The summed E-state index contributed by atoms with van der Waals surface area (Å²) in [4.78, 5) is 6.60. The van der Waals surface area contributed by atoms with E-state index in [-0.39, 0.29) is 5.54 Å². The molecule has 1 saturated heterocycles. The fourth-order valence-electron chi connectivity index (χ4n) is 2.64. The average Bonchev–Trinajstić information content (AvgIpc) is 2.58. The molecule has 2 rings (SSSR count). The molecule has 0 saturated carbocycles. The Bertz CT molecular complexity index is 325. The van der Waals surface area contributed by atoms with Gasteiger partial charge in [0.15, 0.2) is 0 Å². The molecule has 1 fully saturated rings. The number of likely N-dealkylation sites (tertiary alicyclic amines) is 1. The molecule has 2 N–H and O–H groups in total. The summed E-state index contributed by atoms with van der Waals surface area (Å²) in [6.07, 6.45) is 4.96. The number of hydrogen-bond acceptors (Lipinski definition) is 3. The first-order valence-corrected chi connectivity index (χ1v) is 5.51. The maximum atomic E-state index is 5.86. The highest BCUT2D eigenvalue weighted by atomic mass is 15.2. The second-order valence-corrected chi connectivity index (χ2v) is 4.53. The minimum Gasteiger partial charge on any atom is -0.330 e. The number of nitrogens with two attached hydrogens (primary N) is 1. The molecule has 2 unspecified atom stereocenters. The van der Waals surface area contributed by atoms with Gasteiger partial charge in [-0.2, -0.15) is 0 Å². The highest BCUT2D eigenvalue weighted by Gasteiger charge is 2.43. The number of aromatic nitrogens is 1. The Kier molecular flexibility index (Phi) is 2.76. The molecule has 1 aliphatic heterocycles. The number of rotatable bonds is 2. The second-order valence-electron chi connectivity index (χ2n) is 4.53. The quantitative estimate of drug-likeness (QED) is 0.789. The van der Waals surface area contributed by atoms with Crippen molar-refractivity contribution in [1.82, 2.24) is 9.88 Å². The minimum atomic E-state index is 0.0585. The zero-order valence-corrected chi connectivity index (χ0v) is 9.48. The average molecular weight is 205 g/mol. The molecule has 0 amide bonds. The Morgan fingerprint density at radius 2 is 2.47 bits per heavy atom. The Morgan fingerprint density at radius 1 is 1.67 bits per heavy atom. The first kappa shape index (κ1) is 10.6. The fourth-order valence-corrected chi connectivity index (χ4v) is 2.64. The van der Waals surface area contributed by atoms with Crippen LogP contribution in [-0.2, 0) is 5.54 Å². The minimum absolute atomic E-state index is 0.0585. The van der Waals surface area contributed by atoms with Gasteiger partial charge in [0, 0.05) is 17.9 Å². The summed E-state index contributed by atoms with van der Waals surface area (Å²) in [5.74, 6) is 0.534. The van der Waals surface area contributed by atoms with E-state index in [1.54, 1.807) is 0 Å². The van der Waals surface area contributed by atoms with Crippen molar-refractivity contribution >= 4 is 0 Å². The van der Waals surface area contributed by atoms with Gasteiger partial charge in [-0.15, -0.1) is 0 Å². The van der Waals surface area contributed by atoms with Crippen LogP contribution in [0.5, 0.6) is 0 Å². The van der Waals surface area contributed by atoms with Crippen LogP contribution in [0, 0.1) is 5.92 Å². The number of pyridine rings is 1. The summed E-state index contributed by atoms with van der Waals surface area (Å²) < 4.78 is 0.